The van der Waals surface area contributed by atoms with Crippen LogP contribution in [0.3, 0.4) is 0 Å². The Kier molecular flexibility index (Phi) is 4.15. The Balaban J connectivity index is 2.06. The van der Waals surface area contributed by atoms with Crippen LogP contribution in [-0.2, 0) is 6.42 Å². The van der Waals surface area contributed by atoms with Gasteiger partial charge in [-0.1, -0.05) is 24.3 Å². The fourth-order valence-corrected chi connectivity index (χ4v) is 1.92. The van der Waals surface area contributed by atoms with Crippen molar-refractivity contribution in [1.29, 1.82) is 5.26 Å². The van der Waals surface area contributed by atoms with Crippen LogP contribution in [0, 0.1) is 17.1 Å². The van der Waals surface area contributed by atoms with Crippen LogP contribution in [0.4, 0.5) is 10.1 Å². The van der Waals surface area contributed by atoms with E-state index in [1.165, 1.54) is 12.1 Å². The summed E-state index contributed by atoms with van der Waals surface area (Å²) in [6.07, 6.45) is 0.416. The van der Waals surface area contributed by atoms with Crippen molar-refractivity contribution in [2.75, 3.05) is 5.32 Å². The van der Waals surface area contributed by atoms with E-state index < -0.39 is 0 Å². The number of anilines is 1. The molecule has 3 heteroatoms. The second kappa shape index (κ2) is 6.01. The molecule has 0 saturated heterocycles. The first-order chi connectivity index (χ1) is 9.19. The van der Waals surface area contributed by atoms with Crippen molar-refractivity contribution in [3.05, 3.63) is 65.5 Å². The minimum atomic E-state index is -0.226. The molecule has 1 unspecified atom stereocenters. The fourth-order valence-electron chi connectivity index (χ4n) is 1.92. The van der Waals surface area contributed by atoms with Gasteiger partial charge in [-0.3, -0.25) is 0 Å². The molecule has 0 bridgehead atoms. The van der Waals surface area contributed by atoms with E-state index in [4.69, 9.17) is 5.26 Å². The monoisotopic (exact) mass is 254 g/mol. The highest BCUT2D eigenvalue weighted by atomic mass is 19.1. The number of benzene rings is 2. The fraction of sp³-hybridized carbons (Fsp3) is 0.188. The highest BCUT2D eigenvalue weighted by molar-refractivity contribution is 5.47. The van der Waals surface area contributed by atoms with Gasteiger partial charge in [0.05, 0.1) is 12.5 Å². The van der Waals surface area contributed by atoms with E-state index in [9.17, 15) is 4.39 Å². The number of hydrogen-bond donors (Lipinski definition) is 1. The summed E-state index contributed by atoms with van der Waals surface area (Å²) in [5, 5.41) is 11.9. The molecular formula is C16H15FN2. The minimum Gasteiger partial charge on any atom is -0.379 e. The molecule has 0 fully saturated rings. The molecule has 0 spiro atoms. The summed E-state index contributed by atoms with van der Waals surface area (Å²) in [4.78, 5) is 0. The normalized spacial score (nSPS) is 11.6. The van der Waals surface area contributed by atoms with Gasteiger partial charge < -0.3 is 5.32 Å². The zero-order chi connectivity index (χ0) is 13.7. The lowest BCUT2D eigenvalue weighted by molar-refractivity contribution is 0.623. The van der Waals surface area contributed by atoms with Gasteiger partial charge >= 0.3 is 0 Å². The highest BCUT2D eigenvalue weighted by Crippen LogP contribution is 2.20. The van der Waals surface area contributed by atoms with Crippen molar-refractivity contribution >= 4 is 5.69 Å². The van der Waals surface area contributed by atoms with Crippen LogP contribution in [0.1, 0.15) is 24.1 Å². The second-order valence-corrected chi connectivity index (χ2v) is 4.45. The molecule has 0 aromatic heterocycles. The lowest BCUT2D eigenvalue weighted by Gasteiger charge is -2.16. The van der Waals surface area contributed by atoms with Gasteiger partial charge in [-0.15, -0.1) is 0 Å². The molecule has 2 rings (SSSR count). The Morgan fingerprint density at radius 3 is 2.58 bits per heavy atom. The molecule has 0 heterocycles. The van der Waals surface area contributed by atoms with Gasteiger partial charge in [0.1, 0.15) is 5.82 Å². The Bertz CT molecular complexity index is 584. The van der Waals surface area contributed by atoms with Crippen LogP contribution in [0.2, 0.25) is 0 Å². The van der Waals surface area contributed by atoms with Crippen molar-refractivity contribution < 1.29 is 4.39 Å². The number of nitriles is 1. The quantitative estimate of drug-likeness (QED) is 0.892. The predicted octanol–water partition coefficient (Wildman–Crippen LogP) is 4.06. The lowest BCUT2D eigenvalue weighted by Crippen LogP contribution is -2.06. The van der Waals surface area contributed by atoms with E-state index in [1.54, 1.807) is 6.07 Å². The Morgan fingerprint density at radius 2 is 1.95 bits per heavy atom. The first-order valence-electron chi connectivity index (χ1n) is 6.17. The lowest BCUT2D eigenvalue weighted by atomic mass is 10.1. The summed E-state index contributed by atoms with van der Waals surface area (Å²) in [5.41, 5.74) is 2.85. The van der Waals surface area contributed by atoms with Gasteiger partial charge in [-0.2, -0.15) is 5.26 Å². The number of nitrogens with one attached hydrogen (secondary N) is 1. The molecule has 96 valence electrons. The maximum absolute atomic E-state index is 13.1. The second-order valence-electron chi connectivity index (χ2n) is 4.45. The molecule has 0 aliphatic carbocycles. The van der Waals surface area contributed by atoms with Crippen LogP contribution < -0.4 is 5.32 Å². The summed E-state index contributed by atoms with van der Waals surface area (Å²) < 4.78 is 13.1. The highest BCUT2D eigenvalue weighted by Gasteiger charge is 2.06. The molecule has 1 atom stereocenters. The van der Waals surface area contributed by atoms with Gasteiger partial charge in [0.25, 0.3) is 0 Å². The first-order valence-corrected chi connectivity index (χ1v) is 6.17. The Hall–Kier alpha value is -2.34. The molecule has 2 aromatic carbocycles. The molecule has 1 N–H and O–H groups in total. The minimum absolute atomic E-state index is 0.0255. The van der Waals surface area contributed by atoms with Crippen LogP contribution in [0.5, 0.6) is 0 Å². The molecule has 19 heavy (non-hydrogen) atoms. The predicted molar refractivity (Wildman–Crippen MR) is 74.2 cm³/mol. The van der Waals surface area contributed by atoms with Crippen molar-refractivity contribution in [3.8, 4) is 6.07 Å². The molecule has 2 aromatic rings. The van der Waals surface area contributed by atoms with E-state index >= 15 is 0 Å². The van der Waals surface area contributed by atoms with Crippen molar-refractivity contribution in [3.63, 3.8) is 0 Å². The third kappa shape index (κ3) is 3.56. The van der Waals surface area contributed by atoms with Crippen LogP contribution in [0.15, 0.2) is 48.5 Å². The van der Waals surface area contributed by atoms with Crippen molar-refractivity contribution in [2.24, 2.45) is 0 Å². The number of rotatable bonds is 4. The molecular weight excluding hydrogens is 239 g/mol. The Morgan fingerprint density at radius 1 is 1.21 bits per heavy atom. The summed E-state index contributed by atoms with van der Waals surface area (Å²) in [7, 11) is 0. The zero-order valence-electron chi connectivity index (χ0n) is 10.7. The smallest absolute Gasteiger partial charge is 0.123 e. The Labute approximate surface area is 112 Å². The van der Waals surface area contributed by atoms with E-state index in [-0.39, 0.29) is 11.9 Å². The first kappa shape index (κ1) is 13.1. The summed E-state index contributed by atoms with van der Waals surface area (Å²) in [5.74, 6) is -0.226. The van der Waals surface area contributed by atoms with E-state index in [0.29, 0.717) is 6.42 Å². The molecule has 0 saturated carbocycles. The molecule has 0 radical (unpaired) electrons. The number of hydrogen-bond acceptors (Lipinski definition) is 2. The standard InChI is InChI=1S/C16H15FN2/c1-12(14-3-2-4-15(17)11-14)19-16-7-5-13(6-8-16)9-10-18/h2-8,11-12,19H,9H2,1H3. The van der Waals surface area contributed by atoms with Gasteiger partial charge in [-0.25, -0.2) is 4.39 Å². The number of halogens is 1. The summed E-state index contributed by atoms with van der Waals surface area (Å²) >= 11 is 0. The molecule has 2 nitrogen and oxygen atoms in total. The zero-order valence-corrected chi connectivity index (χ0v) is 10.7. The van der Waals surface area contributed by atoms with Gasteiger partial charge in [0.15, 0.2) is 0 Å². The molecule has 0 amide bonds. The van der Waals surface area contributed by atoms with Gasteiger partial charge in [-0.05, 0) is 42.3 Å². The maximum atomic E-state index is 13.1. The summed E-state index contributed by atoms with van der Waals surface area (Å²) in [6.45, 7) is 1.98. The summed E-state index contributed by atoms with van der Waals surface area (Å²) in [6, 6.07) is 16.4. The average molecular weight is 254 g/mol. The third-order valence-corrected chi connectivity index (χ3v) is 2.97. The van der Waals surface area contributed by atoms with E-state index in [1.807, 2.05) is 37.3 Å². The SMILES string of the molecule is CC(Nc1ccc(CC#N)cc1)c1cccc(F)c1. The number of nitrogens with zero attached hydrogens (tertiary/aromatic N) is 1. The maximum Gasteiger partial charge on any atom is 0.123 e. The molecule has 0 aliphatic rings. The van der Waals surface area contributed by atoms with E-state index in [2.05, 4.69) is 11.4 Å². The van der Waals surface area contributed by atoms with Crippen LogP contribution in [0.25, 0.3) is 0 Å². The third-order valence-electron chi connectivity index (χ3n) is 2.97. The van der Waals surface area contributed by atoms with Crippen LogP contribution >= 0.6 is 0 Å². The van der Waals surface area contributed by atoms with Crippen molar-refractivity contribution in [1.82, 2.24) is 0 Å². The average Bonchev–Trinajstić information content (AvgIpc) is 2.41. The van der Waals surface area contributed by atoms with Gasteiger partial charge in [0, 0.05) is 11.7 Å². The van der Waals surface area contributed by atoms with Gasteiger partial charge in [0.2, 0.25) is 0 Å². The van der Waals surface area contributed by atoms with Crippen LogP contribution in [-0.4, -0.2) is 0 Å². The topological polar surface area (TPSA) is 35.8 Å². The largest absolute Gasteiger partial charge is 0.379 e. The van der Waals surface area contributed by atoms with E-state index in [0.717, 1.165) is 16.8 Å². The molecule has 0 aliphatic heterocycles. The van der Waals surface area contributed by atoms with Crippen molar-refractivity contribution in [2.45, 2.75) is 19.4 Å².